The summed E-state index contributed by atoms with van der Waals surface area (Å²) in [6, 6.07) is 3.05. The molecule has 0 aromatic carbocycles. The fourth-order valence-electron chi connectivity index (χ4n) is 6.67. The van der Waals surface area contributed by atoms with Crippen LogP contribution in [0.3, 0.4) is 0 Å². The second-order valence-electron chi connectivity index (χ2n) is 12.0. The van der Waals surface area contributed by atoms with E-state index in [2.05, 4.69) is 16.4 Å². The molecule has 1 aliphatic carbocycles. The van der Waals surface area contributed by atoms with Gasteiger partial charge in [-0.1, -0.05) is 0 Å². The molecule has 3 saturated heterocycles. The maximum absolute atomic E-state index is 14.2. The molecule has 10 heteroatoms. The summed E-state index contributed by atoms with van der Waals surface area (Å²) in [4.78, 5) is 48.2. The second kappa shape index (κ2) is 9.75. The largest absolute Gasteiger partial charge is 0.495 e. The zero-order valence-electron chi connectivity index (χ0n) is 22.6. The molecule has 10 nitrogen and oxygen atoms in total. The number of likely N-dealkylation sites (tertiary alicyclic amines) is 1. The summed E-state index contributed by atoms with van der Waals surface area (Å²) < 4.78 is 10.7. The van der Waals surface area contributed by atoms with Gasteiger partial charge in [0.15, 0.2) is 0 Å². The van der Waals surface area contributed by atoms with Gasteiger partial charge in [-0.05, 0) is 77.3 Å². The van der Waals surface area contributed by atoms with E-state index in [4.69, 9.17) is 9.47 Å². The van der Waals surface area contributed by atoms with Crippen LogP contribution in [0.1, 0.15) is 77.2 Å². The van der Waals surface area contributed by atoms with Gasteiger partial charge in [-0.25, -0.2) is 4.79 Å². The number of hydrogen-bond donors (Lipinski definition) is 1. The Morgan fingerprint density at radius 3 is 2.61 bits per heavy atom. The first-order valence-corrected chi connectivity index (χ1v) is 13.6. The number of aromatic nitrogens is 1. The van der Waals surface area contributed by atoms with Crippen LogP contribution in [0.5, 0.6) is 5.75 Å². The van der Waals surface area contributed by atoms with Crippen molar-refractivity contribution in [1.82, 2.24) is 20.1 Å². The van der Waals surface area contributed by atoms with Crippen LogP contribution >= 0.6 is 0 Å². The number of carbonyl (C=O) groups excluding carboxylic acids is 3. The van der Waals surface area contributed by atoms with Crippen LogP contribution in [0.15, 0.2) is 18.5 Å². The van der Waals surface area contributed by atoms with Crippen molar-refractivity contribution < 1.29 is 23.9 Å². The lowest BCUT2D eigenvalue weighted by Crippen LogP contribution is -2.56. The highest BCUT2D eigenvalue weighted by molar-refractivity contribution is 5.93. The minimum Gasteiger partial charge on any atom is -0.495 e. The number of pyridine rings is 1. The molecule has 3 amide bonds. The van der Waals surface area contributed by atoms with Gasteiger partial charge in [0, 0.05) is 24.7 Å². The van der Waals surface area contributed by atoms with Gasteiger partial charge in [-0.2, -0.15) is 5.26 Å². The van der Waals surface area contributed by atoms with Gasteiger partial charge in [-0.15, -0.1) is 0 Å². The standard InChI is InChI=1S/C28H37N5O5/c1-27(2,3)38-26(36)31-22-7-5-6-18-8-9-23(33(18)24(22)34)25(35)32-16-20(21(13-29)28(32)10-11-28)17-12-19(37-4)15-30-14-17/h12,14-15,18,20-23H,5-11,16H2,1-4H3,(H,31,36)/t18-,20-,21-,22-,23-/m0/s1. The lowest BCUT2D eigenvalue weighted by Gasteiger charge is -2.35. The average Bonchev–Trinajstić information content (AvgIpc) is 3.47. The van der Waals surface area contributed by atoms with Crippen molar-refractivity contribution in [3.8, 4) is 11.8 Å². The second-order valence-corrected chi connectivity index (χ2v) is 12.0. The molecule has 0 bridgehead atoms. The van der Waals surface area contributed by atoms with Gasteiger partial charge in [0.1, 0.15) is 23.4 Å². The molecule has 38 heavy (non-hydrogen) atoms. The molecule has 5 atom stereocenters. The van der Waals surface area contributed by atoms with E-state index in [-0.39, 0.29) is 29.7 Å². The predicted molar refractivity (Wildman–Crippen MR) is 137 cm³/mol. The number of alkyl carbamates (subject to hydrolysis) is 1. The summed E-state index contributed by atoms with van der Waals surface area (Å²) in [5.74, 6) is -0.212. The third kappa shape index (κ3) is 4.67. The van der Waals surface area contributed by atoms with E-state index < -0.39 is 29.3 Å². The summed E-state index contributed by atoms with van der Waals surface area (Å²) in [7, 11) is 1.58. The number of carbonyl (C=O) groups is 3. The normalized spacial score (nSPS) is 29.9. The first-order valence-electron chi connectivity index (χ1n) is 13.6. The number of nitrogens with one attached hydrogen (secondary N) is 1. The number of methoxy groups -OCH3 is 1. The molecule has 5 rings (SSSR count). The summed E-state index contributed by atoms with van der Waals surface area (Å²) in [5, 5.41) is 12.9. The van der Waals surface area contributed by atoms with Gasteiger partial charge >= 0.3 is 6.09 Å². The summed E-state index contributed by atoms with van der Waals surface area (Å²) >= 11 is 0. The Hall–Kier alpha value is -3.35. The van der Waals surface area contributed by atoms with E-state index in [0.29, 0.717) is 25.1 Å². The van der Waals surface area contributed by atoms with E-state index in [1.807, 2.05) is 11.0 Å². The highest BCUT2D eigenvalue weighted by Gasteiger charge is 2.64. The summed E-state index contributed by atoms with van der Waals surface area (Å²) in [5.41, 5.74) is -0.289. The monoisotopic (exact) mass is 523 g/mol. The van der Waals surface area contributed by atoms with Crippen LogP contribution in [0.25, 0.3) is 0 Å². The highest BCUT2D eigenvalue weighted by atomic mass is 16.6. The molecule has 1 spiro atoms. The summed E-state index contributed by atoms with van der Waals surface area (Å²) in [6.45, 7) is 5.74. The van der Waals surface area contributed by atoms with Crippen molar-refractivity contribution in [3.63, 3.8) is 0 Å². The Kier molecular flexibility index (Phi) is 6.74. The van der Waals surface area contributed by atoms with E-state index in [9.17, 15) is 19.6 Å². The number of amides is 3. The van der Waals surface area contributed by atoms with Crippen LogP contribution in [0, 0.1) is 17.2 Å². The number of hydrogen-bond acceptors (Lipinski definition) is 7. The van der Waals surface area contributed by atoms with Gasteiger partial charge < -0.3 is 24.6 Å². The molecular formula is C28H37N5O5. The van der Waals surface area contributed by atoms with Crippen LogP contribution in [0.2, 0.25) is 0 Å². The molecule has 1 saturated carbocycles. The Bertz CT molecular complexity index is 1150. The zero-order chi connectivity index (χ0) is 27.2. The fraction of sp³-hybridized carbons (Fsp3) is 0.679. The van der Waals surface area contributed by atoms with E-state index in [1.54, 1.807) is 45.2 Å². The molecule has 4 aliphatic rings. The third-order valence-electron chi connectivity index (χ3n) is 8.52. The smallest absolute Gasteiger partial charge is 0.408 e. The van der Waals surface area contributed by atoms with Gasteiger partial charge in [-0.3, -0.25) is 14.6 Å². The Morgan fingerprint density at radius 2 is 1.95 bits per heavy atom. The van der Waals surface area contributed by atoms with Crippen molar-refractivity contribution in [2.75, 3.05) is 13.7 Å². The Balaban J connectivity index is 1.37. The topological polar surface area (TPSA) is 125 Å². The third-order valence-corrected chi connectivity index (χ3v) is 8.52. The molecule has 4 heterocycles. The van der Waals surface area contributed by atoms with Crippen molar-refractivity contribution in [2.24, 2.45) is 5.92 Å². The lowest BCUT2D eigenvalue weighted by atomic mass is 9.85. The van der Waals surface area contributed by atoms with Crippen molar-refractivity contribution in [1.29, 1.82) is 5.26 Å². The Labute approximate surface area is 223 Å². The number of rotatable bonds is 4. The molecule has 0 unspecified atom stereocenters. The first kappa shape index (κ1) is 26.3. The van der Waals surface area contributed by atoms with E-state index >= 15 is 0 Å². The fourth-order valence-corrected chi connectivity index (χ4v) is 6.67. The van der Waals surface area contributed by atoms with Crippen LogP contribution in [0.4, 0.5) is 4.79 Å². The number of fused-ring (bicyclic) bond motifs is 1. The minimum atomic E-state index is -0.723. The van der Waals surface area contributed by atoms with Gasteiger partial charge in [0.25, 0.3) is 0 Å². The SMILES string of the molecule is COc1cncc([C@@H]2CN(C(=O)[C@@H]3CC[C@@H]4CCC[C@H](NC(=O)OC(C)(C)C)C(=O)N43)C3(CC3)[C@H]2C#N)c1. The zero-order valence-corrected chi connectivity index (χ0v) is 22.6. The average molecular weight is 524 g/mol. The number of nitrogens with zero attached hydrogens (tertiary/aromatic N) is 4. The molecule has 4 fully saturated rings. The number of ether oxygens (including phenoxy) is 2. The van der Waals surface area contributed by atoms with Crippen LogP contribution in [-0.2, 0) is 14.3 Å². The van der Waals surface area contributed by atoms with Crippen molar-refractivity contribution in [3.05, 3.63) is 24.0 Å². The summed E-state index contributed by atoms with van der Waals surface area (Å²) in [6.07, 6.45) is 7.74. The highest BCUT2D eigenvalue weighted by Crippen LogP contribution is 2.58. The number of nitriles is 1. The van der Waals surface area contributed by atoms with Crippen molar-refractivity contribution >= 4 is 17.9 Å². The predicted octanol–water partition coefficient (Wildman–Crippen LogP) is 3.13. The molecule has 0 radical (unpaired) electrons. The Morgan fingerprint density at radius 1 is 1.18 bits per heavy atom. The van der Waals surface area contributed by atoms with E-state index in [1.165, 1.54) is 0 Å². The molecule has 1 N–H and O–H groups in total. The molecule has 1 aromatic heterocycles. The van der Waals surface area contributed by atoms with Crippen molar-refractivity contribution in [2.45, 2.75) is 101 Å². The lowest BCUT2D eigenvalue weighted by molar-refractivity contribution is -0.147. The molecular weight excluding hydrogens is 486 g/mol. The molecule has 3 aliphatic heterocycles. The molecule has 204 valence electrons. The minimum absolute atomic E-state index is 0.0233. The maximum Gasteiger partial charge on any atom is 0.408 e. The van der Waals surface area contributed by atoms with Gasteiger partial charge in [0.2, 0.25) is 11.8 Å². The van der Waals surface area contributed by atoms with E-state index in [0.717, 1.165) is 37.7 Å². The first-order chi connectivity index (χ1) is 18.1. The quantitative estimate of drug-likeness (QED) is 0.643. The molecule has 1 aromatic rings. The maximum atomic E-state index is 14.2. The van der Waals surface area contributed by atoms with Crippen LogP contribution < -0.4 is 10.1 Å². The van der Waals surface area contributed by atoms with Crippen LogP contribution in [-0.4, -0.2) is 75.6 Å². The van der Waals surface area contributed by atoms with Gasteiger partial charge in [0.05, 0.1) is 30.8 Å².